The highest BCUT2D eigenvalue weighted by atomic mass is 16.8. The Morgan fingerprint density at radius 3 is 1.61 bits per heavy atom. The Bertz CT molecular complexity index is 2230. The van der Waals surface area contributed by atoms with Gasteiger partial charge in [0.1, 0.15) is 97.0 Å². The Morgan fingerprint density at radius 1 is 0.557 bits per heavy atom. The SMILES string of the molecule is CC1(C)CC[C@@]2(C(=O)O[C@@H]3O[C@H](CO)[C@@H](O)[C@H](O)[C@H]3O)C(C1)C1=CCC3[C@@]4(C)CC[C@H](O[C@@H]5O[C@H](C(=O)O)[C@@H](O)[C@H](O[C@@H]6O[C@H](CO)[C@H](O)[C@H](O)[C@H]6O)[C@H]5O[C@@H]5O[C@H](CO)[C@@H](O)[C@H](O)[C@H]5O)C(C)(C)C4CC[C@@]3(C)[C@]1(C)C[C@@H]2O. The Balaban J connectivity index is 1.02. The van der Waals surface area contributed by atoms with Crippen molar-refractivity contribution in [3.8, 4) is 0 Å². The van der Waals surface area contributed by atoms with Crippen molar-refractivity contribution in [1.29, 1.82) is 0 Å². The normalized spacial score (nSPS) is 53.3. The molecule has 4 saturated carbocycles. The van der Waals surface area contributed by atoms with Crippen LogP contribution in [0, 0.1) is 50.2 Å². The Labute approximate surface area is 457 Å². The summed E-state index contributed by atoms with van der Waals surface area (Å²) in [7, 11) is 0. The molecule has 9 aliphatic rings. The molecular formula is C54H86O25. The van der Waals surface area contributed by atoms with Gasteiger partial charge in [-0.2, -0.15) is 0 Å². The molecule has 5 aliphatic carbocycles. The average molecular weight is 1140 g/mol. The number of carboxylic acids is 1. The largest absolute Gasteiger partial charge is 0.479 e. The fourth-order valence-electron chi connectivity index (χ4n) is 16.6. The number of hydrogen-bond donors (Lipinski definition) is 15. The van der Waals surface area contributed by atoms with E-state index in [1.54, 1.807) is 0 Å². The highest BCUT2D eigenvalue weighted by Crippen LogP contribution is 2.76. The lowest BCUT2D eigenvalue weighted by Gasteiger charge is -2.71. The van der Waals surface area contributed by atoms with Gasteiger partial charge in [0, 0.05) is 0 Å². The topological polar surface area (TPSA) is 411 Å². The summed E-state index contributed by atoms with van der Waals surface area (Å²) in [5.74, 6) is -3.07. The lowest BCUT2D eigenvalue weighted by molar-refractivity contribution is -0.396. The number of aliphatic hydroxyl groups is 14. The molecule has 4 saturated heterocycles. The van der Waals surface area contributed by atoms with Crippen LogP contribution in [0.15, 0.2) is 11.6 Å². The standard InChI is InChI=1S/C54H86O25/c1-49(2)14-15-54(48(71)79-46-38(67)35(64)32(61)25(20-57)74-46)22(16-49)21-8-9-27-51(5)12-11-29(50(3,4)26(51)10-13-52(27,6)53(21,7)17-28(54)58)75-47-42(78-45-37(66)34(63)31(60)24(19-56)73-45)40(39(68)41(77-47)43(69)70)76-44-36(65)33(62)30(59)23(18-55)72-44/h8,22-42,44-47,55-68H,9-20H2,1-7H3,(H,69,70)/t22?,23-,24-,25-,26?,27?,28+,29+,30+,31-,32-,33+,34+,35+,36-,37-,38-,39+,40+,41+,42-,44+,45+,46+,47-,51+,52-,53-,54-/m1/s1. The minimum Gasteiger partial charge on any atom is -0.479 e. The van der Waals surface area contributed by atoms with Crippen molar-refractivity contribution in [2.75, 3.05) is 19.8 Å². The molecule has 8 fully saturated rings. The van der Waals surface area contributed by atoms with Crippen LogP contribution in [-0.2, 0) is 47.5 Å². The summed E-state index contributed by atoms with van der Waals surface area (Å²) < 4.78 is 48.0. The van der Waals surface area contributed by atoms with E-state index in [9.17, 15) is 86.2 Å². The van der Waals surface area contributed by atoms with Crippen LogP contribution >= 0.6 is 0 Å². The molecule has 0 aromatic rings. The molecule has 25 nitrogen and oxygen atoms in total. The number of rotatable bonds is 12. The van der Waals surface area contributed by atoms with E-state index in [0.717, 1.165) is 5.57 Å². The lowest BCUT2D eigenvalue weighted by Crippen LogP contribution is -2.69. The van der Waals surface area contributed by atoms with E-state index in [2.05, 4.69) is 40.7 Å². The predicted octanol–water partition coefficient (Wildman–Crippen LogP) is -2.97. The number of allylic oxidation sites excluding steroid dienone is 2. The van der Waals surface area contributed by atoms with Gasteiger partial charge in [-0.15, -0.1) is 0 Å². The fraction of sp³-hybridized carbons (Fsp3) is 0.926. The molecule has 0 aromatic carbocycles. The quantitative estimate of drug-likeness (QED) is 0.0527. The zero-order valence-corrected chi connectivity index (χ0v) is 45.8. The first-order chi connectivity index (χ1) is 36.9. The first kappa shape index (κ1) is 61.4. The van der Waals surface area contributed by atoms with Gasteiger partial charge in [0.15, 0.2) is 25.0 Å². The number of aliphatic hydroxyl groups excluding tert-OH is 14. The van der Waals surface area contributed by atoms with Crippen molar-refractivity contribution in [2.45, 2.75) is 241 Å². The monoisotopic (exact) mass is 1130 g/mol. The molecule has 0 amide bonds. The smallest absolute Gasteiger partial charge is 0.335 e. The summed E-state index contributed by atoms with van der Waals surface area (Å²) in [6.45, 7) is 12.6. The highest BCUT2D eigenvalue weighted by Gasteiger charge is 2.72. The number of esters is 1. The van der Waals surface area contributed by atoms with Crippen molar-refractivity contribution >= 4 is 11.9 Å². The first-order valence-corrected chi connectivity index (χ1v) is 27.9. The van der Waals surface area contributed by atoms with Gasteiger partial charge in [-0.1, -0.05) is 60.1 Å². The zero-order chi connectivity index (χ0) is 58.0. The maximum Gasteiger partial charge on any atom is 0.335 e. The van der Waals surface area contributed by atoms with Crippen LogP contribution in [0.4, 0.5) is 0 Å². The minimum atomic E-state index is -2.18. The maximum atomic E-state index is 14.8. The van der Waals surface area contributed by atoms with Crippen LogP contribution in [0.5, 0.6) is 0 Å². The van der Waals surface area contributed by atoms with Crippen LogP contribution in [0.3, 0.4) is 0 Å². The molecule has 29 atom stereocenters. The van der Waals surface area contributed by atoms with E-state index in [1.165, 1.54) is 0 Å². The summed E-state index contributed by atoms with van der Waals surface area (Å²) in [6.07, 6.45) is -32.1. The minimum absolute atomic E-state index is 0.00106. The molecule has 79 heavy (non-hydrogen) atoms. The van der Waals surface area contributed by atoms with E-state index >= 15 is 0 Å². The van der Waals surface area contributed by atoms with Crippen LogP contribution in [-0.4, -0.2) is 243 Å². The third kappa shape index (κ3) is 9.85. The van der Waals surface area contributed by atoms with Crippen LogP contribution in [0.25, 0.3) is 0 Å². The van der Waals surface area contributed by atoms with Crippen LogP contribution < -0.4 is 0 Å². The van der Waals surface area contributed by atoms with E-state index in [4.69, 9.17) is 37.9 Å². The summed E-state index contributed by atoms with van der Waals surface area (Å²) >= 11 is 0. The highest BCUT2D eigenvalue weighted by molar-refractivity contribution is 5.80. The van der Waals surface area contributed by atoms with Gasteiger partial charge in [0.2, 0.25) is 6.29 Å². The van der Waals surface area contributed by atoms with Crippen molar-refractivity contribution in [3.63, 3.8) is 0 Å². The molecule has 4 heterocycles. The van der Waals surface area contributed by atoms with Gasteiger partial charge >= 0.3 is 11.9 Å². The summed E-state index contributed by atoms with van der Waals surface area (Å²) in [5.41, 5.74) is -2.95. The third-order valence-corrected chi connectivity index (χ3v) is 21.4. The van der Waals surface area contributed by atoms with Gasteiger partial charge in [-0.3, -0.25) is 4.79 Å². The second-order valence-electron chi connectivity index (χ2n) is 26.4. The number of hydrogen-bond acceptors (Lipinski definition) is 24. The van der Waals surface area contributed by atoms with E-state index in [1.807, 2.05) is 13.8 Å². The average Bonchev–Trinajstić information content (AvgIpc) is 3.45. The molecule has 0 radical (unpaired) electrons. The zero-order valence-electron chi connectivity index (χ0n) is 45.8. The van der Waals surface area contributed by atoms with Gasteiger partial charge in [-0.25, -0.2) is 4.79 Å². The molecule has 25 heteroatoms. The second kappa shape index (κ2) is 22.0. The Hall–Kier alpha value is -2.16. The van der Waals surface area contributed by atoms with Crippen molar-refractivity contribution < 1.29 is 124 Å². The number of fused-ring (bicyclic) bond motifs is 7. The van der Waals surface area contributed by atoms with E-state index in [0.29, 0.717) is 44.9 Å². The van der Waals surface area contributed by atoms with Gasteiger partial charge < -0.3 is 114 Å². The molecule has 0 bridgehead atoms. The van der Waals surface area contributed by atoms with Crippen molar-refractivity contribution in [3.05, 3.63) is 11.6 Å². The van der Waals surface area contributed by atoms with Crippen LogP contribution in [0.1, 0.15) is 106 Å². The van der Waals surface area contributed by atoms with Gasteiger partial charge in [0.05, 0.1) is 32.0 Å². The Kier molecular flexibility index (Phi) is 17.1. The lowest BCUT2D eigenvalue weighted by atomic mass is 9.33. The second-order valence-corrected chi connectivity index (χ2v) is 26.4. The number of carboxylic acid groups (broad SMARTS) is 1. The van der Waals surface area contributed by atoms with Crippen LogP contribution in [0.2, 0.25) is 0 Å². The Morgan fingerprint density at radius 2 is 1.08 bits per heavy atom. The molecule has 15 N–H and O–H groups in total. The number of aliphatic carboxylic acids is 1. The molecule has 452 valence electrons. The molecular weight excluding hydrogens is 1050 g/mol. The van der Waals surface area contributed by atoms with Crippen molar-refractivity contribution in [2.24, 2.45) is 50.2 Å². The molecule has 4 aliphatic heterocycles. The van der Waals surface area contributed by atoms with Crippen molar-refractivity contribution in [1.82, 2.24) is 0 Å². The van der Waals surface area contributed by atoms with E-state index < -0.39 is 200 Å². The van der Waals surface area contributed by atoms with Gasteiger partial charge in [-0.05, 0) is 103 Å². The third-order valence-electron chi connectivity index (χ3n) is 21.4. The summed E-state index contributed by atoms with van der Waals surface area (Å²) in [6, 6.07) is 0. The van der Waals surface area contributed by atoms with Gasteiger partial charge in [0.25, 0.3) is 0 Å². The molecule has 0 aromatic heterocycles. The molecule has 3 unspecified atom stereocenters. The number of ether oxygens (including phenoxy) is 8. The van der Waals surface area contributed by atoms with E-state index in [-0.39, 0.29) is 30.1 Å². The first-order valence-electron chi connectivity index (χ1n) is 27.9. The number of carbonyl (C=O) groups excluding carboxylic acids is 1. The molecule has 9 rings (SSSR count). The molecule has 0 spiro atoms. The number of carbonyl (C=O) groups is 2. The fourth-order valence-corrected chi connectivity index (χ4v) is 16.6. The summed E-state index contributed by atoms with van der Waals surface area (Å²) in [4.78, 5) is 27.8. The maximum absolute atomic E-state index is 14.8. The predicted molar refractivity (Wildman–Crippen MR) is 265 cm³/mol. The summed E-state index contributed by atoms with van der Waals surface area (Å²) in [5, 5.41) is 162.